The third-order valence-corrected chi connectivity index (χ3v) is 5.79. The zero-order chi connectivity index (χ0) is 26.9. The van der Waals surface area contributed by atoms with Crippen LogP contribution in [-0.2, 0) is 28.7 Å². The topological polar surface area (TPSA) is 152 Å². The number of nitrogens with one attached hydrogen (secondary N) is 4. The van der Waals surface area contributed by atoms with Crippen molar-refractivity contribution in [2.24, 2.45) is 0 Å². The molecule has 0 heterocycles. The van der Waals surface area contributed by atoms with Crippen LogP contribution in [0.2, 0.25) is 0 Å². The average molecular weight is 511 g/mol. The van der Waals surface area contributed by atoms with Gasteiger partial charge in [-0.05, 0) is 36.1 Å². The number of ether oxygens (including phenoxy) is 2. The normalized spacial score (nSPS) is 13.3. The van der Waals surface area contributed by atoms with Gasteiger partial charge < -0.3 is 30.7 Å². The molecule has 2 aromatic rings. The summed E-state index contributed by atoms with van der Waals surface area (Å²) in [6.45, 7) is 3.52. The van der Waals surface area contributed by atoms with Crippen LogP contribution in [0.1, 0.15) is 37.8 Å². The molecule has 0 unspecified atom stereocenters. The minimum atomic E-state index is -0.974. The van der Waals surface area contributed by atoms with E-state index in [1.54, 1.807) is 0 Å². The number of benzene rings is 2. The fourth-order valence-corrected chi connectivity index (χ4v) is 3.89. The standard InChI is InChI=1S/C26H30N4O7/c1-15(24(33)27-12-23(32)28-14-37-17(3)31)29-25(34)16(2)30-26(35)36-13-22-20-10-6-4-8-18(20)19-9-5-7-11-21(19)22/h4-11,15-16,22H,12-14H2,1-3H3,(H,27,33)(H,28,32)(H,29,34)(H,30,35)/t15-,16-/m0/s1. The predicted molar refractivity (Wildman–Crippen MR) is 133 cm³/mol. The van der Waals surface area contributed by atoms with Crippen molar-refractivity contribution in [2.45, 2.75) is 38.8 Å². The van der Waals surface area contributed by atoms with E-state index < -0.39 is 41.9 Å². The van der Waals surface area contributed by atoms with E-state index in [4.69, 9.17) is 4.74 Å². The number of rotatable bonds is 10. The third kappa shape index (κ3) is 7.29. The molecule has 1 aliphatic rings. The lowest BCUT2D eigenvalue weighted by Crippen LogP contribution is -2.52. The maximum Gasteiger partial charge on any atom is 0.407 e. The van der Waals surface area contributed by atoms with Crippen molar-refractivity contribution < 1.29 is 33.4 Å². The number of hydrogen-bond acceptors (Lipinski definition) is 7. The molecule has 0 saturated heterocycles. The maximum atomic E-state index is 12.4. The lowest BCUT2D eigenvalue weighted by molar-refractivity contribution is -0.143. The number of hydrogen-bond donors (Lipinski definition) is 4. The van der Waals surface area contributed by atoms with Crippen LogP contribution in [0, 0.1) is 0 Å². The summed E-state index contributed by atoms with van der Waals surface area (Å²) in [5, 5.41) is 9.58. The molecule has 196 valence electrons. The number of esters is 1. The summed E-state index contributed by atoms with van der Waals surface area (Å²) in [6.07, 6.45) is -0.758. The fourth-order valence-electron chi connectivity index (χ4n) is 3.89. The van der Waals surface area contributed by atoms with Gasteiger partial charge in [0.1, 0.15) is 18.7 Å². The molecule has 4 amide bonds. The monoisotopic (exact) mass is 510 g/mol. The molecule has 0 aromatic heterocycles. The highest BCUT2D eigenvalue weighted by atomic mass is 16.5. The van der Waals surface area contributed by atoms with Crippen molar-refractivity contribution in [1.29, 1.82) is 0 Å². The molecule has 3 rings (SSSR count). The average Bonchev–Trinajstić information content (AvgIpc) is 3.19. The molecule has 0 radical (unpaired) electrons. The van der Waals surface area contributed by atoms with Gasteiger partial charge in [-0.1, -0.05) is 48.5 Å². The van der Waals surface area contributed by atoms with Crippen LogP contribution in [0.25, 0.3) is 11.1 Å². The first kappa shape index (κ1) is 27.2. The molecule has 1 aliphatic carbocycles. The van der Waals surface area contributed by atoms with Crippen LogP contribution in [-0.4, -0.2) is 61.8 Å². The number of carbonyl (C=O) groups is 5. The first-order valence-electron chi connectivity index (χ1n) is 11.8. The molecule has 4 N–H and O–H groups in total. The maximum absolute atomic E-state index is 12.4. The van der Waals surface area contributed by atoms with Gasteiger partial charge in [0.05, 0.1) is 6.54 Å². The first-order chi connectivity index (χ1) is 17.7. The second-order valence-corrected chi connectivity index (χ2v) is 8.52. The van der Waals surface area contributed by atoms with Gasteiger partial charge in [-0.15, -0.1) is 0 Å². The molecule has 11 heteroatoms. The molecular weight excluding hydrogens is 480 g/mol. The molecule has 0 spiro atoms. The minimum Gasteiger partial charge on any atom is -0.449 e. The second kappa shape index (κ2) is 12.5. The minimum absolute atomic E-state index is 0.104. The van der Waals surface area contributed by atoms with Crippen molar-refractivity contribution in [1.82, 2.24) is 21.3 Å². The second-order valence-electron chi connectivity index (χ2n) is 8.52. The third-order valence-electron chi connectivity index (χ3n) is 5.79. The highest BCUT2D eigenvalue weighted by Gasteiger charge is 2.29. The Bertz CT molecular complexity index is 1140. The van der Waals surface area contributed by atoms with Gasteiger partial charge in [-0.3, -0.25) is 19.2 Å². The van der Waals surface area contributed by atoms with E-state index in [9.17, 15) is 24.0 Å². The highest BCUT2D eigenvalue weighted by molar-refractivity contribution is 5.92. The summed E-state index contributed by atoms with van der Waals surface area (Å²) >= 11 is 0. The summed E-state index contributed by atoms with van der Waals surface area (Å²) in [5.41, 5.74) is 4.35. The van der Waals surface area contributed by atoms with Crippen molar-refractivity contribution in [3.63, 3.8) is 0 Å². The smallest absolute Gasteiger partial charge is 0.407 e. The Morgan fingerprint density at radius 2 is 1.35 bits per heavy atom. The zero-order valence-corrected chi connectivity index (χ0v) is 20.8. The number of fused-ring (bicyclic) bond motifs is 3. The van der Waals surface area contributed by atoms with Crippen molar-refractivity contribution >= 4 is 29.8 Å². The van der Waals surface area contributed by atoms with Gasteiger partial charge in [-0.2, -0.15) is 0 Å². The number of alkyl carbamates (subject to hydrolysis) is 1. The van der Waals surface area contributed by atoms with E-state index in [0.717, 1.165) is 22.3 Å². The Balaban J connectivity index is 1.43. The van der Waals surface area contributed by atoms with E-state index in [1.165, 1.54) is 20.8 Å². The lowest BCUT2D eigenvalue weighted by Gasteiger charge is -2.19. The van der Waals surface area contributed by atoms with Gasteiger partial charge in [0.15, 0.2) is 6.73 Å². The summed E-state index contributed by atoms with van der Waals surface area (Å²) in [4.78, 5) is 59.3. The van der Waals surface area contributed by atoms with Crippen molar-refractivity contribution in [3.8, 4) is 11.1 Å². The summed E-state index contributed by atoms with van der Waals surface area (Å²) in [6, 6.07) is 14.0. The quantitative estimate of drug-likeness (QED) is 0.277. The van der Waals surface area contributed by atoms with Crippen LogP contribution < -0.4 is 21.3 Å². The van der Waals surface area contributed by atoms with Crippen molar-refractivity contribution in [3.05, 3.63) is 59.7 Å². The number of carbonyl (C=O) groups excluding carboxylic acids is 5. The molecule has 11 nitrogen and oxygen atoms in total. The van der Waals surface area contributed by atoms with Crippen LogP contribution in [0.5, 0.6) is 0 Å². The molecule has 0 saturated carbocycles. The van der Waals surface area contributed by atoms with Crippen LogP contribution in [0.4, 0.5) is 4.79 Å². The lowest BCUT2D eigenvalue weighted by atomic mass is 9.98. The summed E-state index contributed by atoms with van der Waals surface area (Å²) in [5.74, 6) is -2.45. The molecule has 0 fully saturated rings. The Morgan fingerprint density at radius 3 is 1.95 bits per heavy atom. The van der Waals surface area contributed by atoms with E-state index in [-0.39, 0.29) is 25.8 Å². The van der Waals surface area contributed by atoms with Crippen LogP contribution in [0.3, 0.4) is 0 Å². The van der Waals surface area contributed by atoms with E-state index in [1.807, 2.05) is 48.5 Å². The van der Waals surface area contributed by atoms with Gasteiger partial charge in [0.25, 0.3) is 0 Å². The van der Waals surface area contributed by atoms with Crippen LogP contribution >= 0.6 is 0 Å². The molecule has 0 aliphatic heterocycles. The molecule has 0 bridgehead atoms. The van der Waals surface area contributed by atoms with Gasteiger partial charge in [-0.25, -0.2) is 4.79 Å². The predicted octanol–water partition coefficient (Wildman–Crippen LogP) is 1.17. The molecule has 2 atom stereocenters. The van der Waals surface area contributed by atoms with E-state index in [0.29, 0.717) is 0 Å². The highest BCUT2D eigenvalue weighted by Crippen LogP contribution is 2.44. The Morgan fingerprint density at radius 1 is 0.784 bits per heavy atom. The van der Waals surface area contributed by atoms with Gasteiger partial charge in [0.2, 0.25) is 17.7 Å². The summed E-state index contributed by atoms with van der Waals surface area (Å²) < 4.78 is 10.0. The van der Waals surface area contributed by atoms with Crippen molar-refractivity contribution in [2.75, 3.05) is 19.9 Å². The zero-order valence-electron chi connectivity index (χ0n) is 20.8. The molecular formula is C26H30N4O7. The first-order valence-corrected chi connectivity index (χ1v) is 11.8. The molecule has 2 aromatic carbocycles. The molecule has 37 heavy (non-hydrogen) atoms. The Kier molecular flexibility index (Phi) is 9.20. The largest absolute Gasteiger partial charge is 0.449 e. The van der Waals surface area contributed by atoms with Crippen LogP contribution in [0.15, 0.2) is 48.5 Å². The van der Waals surface area contributed by atoms with E-state index in [2.05, 4.69) is 26.0 Å². The fraction of sp³-hybridized carbons (Fsp3) is 0.346. The van der Waals surface area contributed by atoms with Gasteiger partial charge in [0, 0.05) is 12.8 Å². The van der Waals surface area contributed by atoms with Gasteiger partial charge >= 0.3 is 12.1 Å². The Hall–Kier alpha value is -4.41. The summed E-state index contributed by atoms with van der Waals surface area (Å²) in [7, 11) is 0. The Labute approximate surface area is 214 Å². The van der Waals surface area contributed by atoms with E-state index >= 15 is 0 Å². The number of amides is 4. The SMILES string of the molecule is CC(=O)OCNC(=O)CNC(=O)[C@H](C)NC(=O)[C@H](C)NC(=O)OCC1c2ccccc2-c2ccccc21.